The first-order valence-electron chi connectivity index (χ1n) is 8.95. The van der Waals surface area contributed by atoms with E-state index in [-0.39, 0.29) is 11.7 Å². The summed E-state index contributed by atoms with van der Waals surface area (Å²) in [6.45, 7) is 1.92. The number of furan rings is 1. The molecule has 29 heavy (non-hydrogen) atoms. The highest BCUT2D eigenvalue weighted by Gasteiger charge is 2.19. The molecule has 2 heterocycles. The smallest absolute Gasteiger partial charge is 0.234 e. The quantitative estimate of drug-likeness (QED) is 0.369. The van der Waals surface area contributed by atoms with E-state index in [0.717, 1.165) is 11.3 Å². The molecule has 0 radical (unpaired) electrons. The number of carbonyl (C=O) groups is 1. The van der Waals surface area contributed by atoms with E-state index in [1.165, 1.54) is 11.8 Å². The summed E-state index contributed by atoms with van der Waals surface area (Å²) in [6.07, 6.45) is 1.59. The molecule has 8 heteroatoms. The summed E-state index contributed by atoms with van der Waals surface area (Å²) >= 11 is 1.30. The molecule has 1 amide bonds. The third kappa shape index (κ3) is 4.17. The van der Waals surface area contributed by atoms with Crippen LogP contribution in [0.3, 0.4) is 0 Å². The monoisotopic (exact) mass is 405 g/mol. The van der Waals surface area contributed by atoms with Crippen molar-refractivity contribution in [1.29, 1.82) is 0 Å². The minimum atomic E-state index is -0.147. The molecule has 146 valence electrons. The molecule has 2 aromatic heterocycles. The van der Waals surface area contributed by atoms with Crippen molar-refractivity contribution in [2.75, 3.05) is 16.8 Å². The van der Waals surface area contributed by atoms with E-state index in [1.54, 1.807) is 24.5 Å². The Kier molecular flexibility index (Phi) is 5.35. The van der Waals surface area contributed by atoms with Gasteiger partial charge in [0.1, 0.15) is 0 Å². The summed E-state index contributed by atoms with van der Waals surface area (Å²) in [4.78, 5) is 12.5. The van der Waals surface area contributed by atoms with Crippen LogP contribution in [0.25, 0.3) is 17.3 Å². The van der Waals surface area contributed by atoms with E-state index in [9.17, 15) is 4.79 Å². The highest BCUT2D eigenvalue weighted by Crippen LogP contribution is 2.28. The van der Waals surface area contributed by atoms with Gasteiger partial charge in [-0.1, -0.05) is 36.0 Å². The first-order valence-corrected chi connectivity index (χ1v) is 9.94. The normalized spacial score (nSPS) is 10.8. The summed E-state index contributed by atoms with van der Waals surface area (Å²) in [5.41, 5.74) is 8.96. The summed E-state index contributed by atoms with van der Waals surface area (Å²) < 4.78 is 7.38. The molecule has 0 fully saturated rings. The number of hydrogen-bond acceptors (Lipinski definition) is 6. The SMILES string of the molecule is Cc1ccc(N)cc1NC(=O)CSc1nnc(-c2ccco2)n1-c1ccccc1. The van der Waals surface area contributed by atoms with Crippen LogP contribution < -0.4 is 11.1 Å². The number of aromatic nitrogens is 3. The summed E-state index contributed by atoms with van der Waals surface area (Å²) in [5.74, 6) is 1.21. The maximum atomic E-state index is 12.5. The van der Waals surface area contributed by atoms with Crippen molar-refractivity contribution in [2.45, 2.75) is 12.1 Å². The number of thioether (sulfide) groups is 1. The number of rotatable bonds is 6. The minimum Gasteiger partial charge on any atom is -0.461 e. The van der Waals surface area contributed by atoms with Crippen molar-refractivity contribution >= 4 is 29.0 Å². The number of para-hydroxylation sites is 1. The Bertz CT molecular complexity index is 1120. The van der Waals surface area contributed by atoms with E-state index < -0.39 is 0 Å². The number of carbonyl (C=O) groups excluding carboxylic acids is 1. The van der Waals surface area contributed by atoms with Crippen molar-refractivity contribution in [1.82, 2.24) is 14.8 Å². The molecule has 0 atom stereocenters. The topological polar surface area (TPSA) is 99.0 Å². The van der Waals surface area contributed by atoms with Gasteiger partial charge in [0, 0.05) is 17.1 Å². The zero-order valence-electron chi connectivity index (χ0n) is 15.7. The van der Waals surface area contributed by atoms with Crippen molar-refractivity contribution in [3.05, 3.63) is 72.5 Å². The number of anilines is 2. The maximum Gasteiger partial charge on any atom is 0.234 e. The van der Waals surface area contributed by atoms with Crippen LogP contribution in [0.5, 0.6) is 0 Å². The van der Waals surface area contributed by atoms with E-state index in [4.69, 9.17) is 10.2 Å². The van der Waals surface area contributed by atoms with Gasteiger partial charge in [0.15, 0.2) is 10.9 Å². The molecular formula is C21H19N5O2S. The van der Waals surface area contributed by atoms with Crippen LogP contribution >= 0.6 is 11.8 Å². The molecule has 7 nitrogen and oxygen atoms in total. The number of nitrogen functional groups attached to an aromatic ring is 1. The lowest BCUT2D eigenvalue weighted by molar-refractivity contribution is -0.113. The lowest BCUT2D eigenvalue weighted by atomic mass is 10.2. The van der Waals surface area contributed by atoms with Gasteiger partial charge in [0.05, 0.1) is 12.0 Å². The largest absolute Gasteiger partial charge is 0.461 e. The molecule has 0 saturated heterocycles. The van der Waals surface area contributed by atoms with Crippen LogP contribution in [0.4, 0.5) is 11.4 Å². The Balaban J connectivity index is 1.56. The Hall–Kier alpha value is -3.52. The third-order valence-corrected chi connectivity index (χ3v) is 5.19. The fourth-order valence-corrected chi connectivity index (χ4v) is 3.58. The molecule has 0 spiro atoms. The molecular weight excluding hydrogens is 386 g/mol. The molecule has 0 unspecified atom stereocenters. The lowest BCUT2D eigenvalue weighted by Gasteiger charge is -2.10. The third-order valence-electron chi connectivity index (χ3n) is 4.26. The van der Waals surface area contributed by atoms with Crippen LogP contribution in [0, 0.1) is 6.92 Å². The van der Waals surface area contributed by atoms with Crippen LogP contribution in [0.2, 0.25) is 0 Å². The molecule has 0 bridgehead atoms. The summed E-state index contributed by atoms with van der Waals surface area (Å²) in [5, 5.41) is 12.0. The Labute approximate surface area is 171 Å². The number of nitrogens with one attached hydrogen (secondary N) is 1. The van der Waals surface area contributed by atoms with Crippen molar-refractivity contribution in [3.63, 3.8) is 0 Å². The molecule has 0 saturated carbocycles. The van der Waals surface area contributed by atoms with Crippen LogP contribution in [-0.2, 0) is 4.79 Å². The second kappa shape index (κ2) is 8.24. The van der Waals surface area contributed by atoms with Crippen LogP contribution in [0.1, 0.15) is 5.56 Å². The van der Waals surface area contributed by atoms with Gasteiger partial charge in [0.2, 0.25) is 11.7 Å². The van der Waals surface area contributed by atoms with E-state index in [0.29, 0.717) is 28.1 Å². The Morgan fingerprint density at radius 2 is 1.97 bits per heavy atom. The summed E-state index contributed by atoms with van der Waals surface area (Å²) in [6, 6.07) is 18.8. The zero-order chi connectivity index (χ0) is 20.2. The molecule has 2 aromatic carbocycles. The summed E-state index contributed by atoms with van der Waals surface area (Å²) in [7, 11) is 0. The fraction of sp³-hybridized carbons (Fsp3) is 0.0952. The van der Waals surface area contributed by atoms with Gasteiger partial charge >= 0.3 is 0 Å². The molecule has 0 aliphatic heterocycles. The van der Waals surface area contributed by atoms with E-state index in [1.807, 2.05) is 54.0 Å². The van der Waals surface area contributed by atoms with Crippen molar-refractivity contribution in [2.24, 2.45) is 0 Å². The van der Waals surface area contributed by atoms with Crippen LogP contribution in [0.15, 0.2) is 76.5 Å². The fourth-order valence-electron chi connectivity index (χ4n) is 2.83. The van der Waals surface area contributed by atoms with Gasteiger partial charge in [-0.3, -0.25) is 9.36 Å². The maximum absolute atomic E-state index is 12.5. The molecule has 4 rings (SSSR count). The number of hydrogen-bond donors (Lipinski definition) is 2. The van der Waals surface area contributed by atoms with Gasteiger partial charge in [0.25, 0.3) is 0 Å². The zero-order valence-corrected chi connectivity index (χ0v) is 16.5. The number of nitrogens with two attached hydrogens (primary N) is 1. The second-order valence-corrected chi connectivity index (χ2v) is 7.31. The van der Waals surface area contributed by atoms with E-state index in [2.05, 4.69) is 15.5 Å². The first-order chi connectivity index (χ1) is 14.1. The predicted octanol–water partition coefficient (Wildman–Crippen LogP) is 4.15. The van der Waals surface area contributed by atoms with Crippen LogP contribution in [-0.4, -0.2) is 26.4 Å². The number of nitrogens with zero attached hydrogens (tertiary/aromatic N) is 3. The minimum absolute atomic E-state index is 0.147. The highest BCUT2D eigenvalue weighted by atomic mass is 32.2. The van der Waals surface area contributed by atoms with Gasteiger partial charge in [-0.15, -0.1) is 10.2 Å². The molecule has 4 aromatic rings. The lowest BCUT2D eigenvalue weighted by Crippen LogP contribution is -2.15. The average molecular weight is 405 g/mol. The molecule has 0 aliphatic carbocycles. The molecule has 0 aliphatic rings. The standard InChI is InChI=1S/C21H19N5O2S/c1-14-9-10-15(22)12-17(14)23-19(27)13-29-21-25-24-20(18-8-5-11-28-18)26(21)16-6-3-2-4-7-16/h2-12H,13,22H2,1H3,(H,23,27). The number of aryl methyl sites for hydroxylation is 1. The highest BCUT2D eigenvalue weighted by molar-refractivity contribution is 7.99. The van der Waals surface area contributed by atoms with Gasteiger partial charge in [-0.05, 0) is 48.9 Å². The van der Waals surface area contributed by atoms with Gasteiger partial charge in [-0.25, -0.2) is 0 Å². The van der Waals surface area contributed by atoms with Gasteiger partial charge in [-0.2, -0.15) is 0 Å². The van der Waals surface area contributed by atoms with Crippen molar-refractivity contribution in [3.8, 4) is 17.3 Å². The number of amides is 1. The predicted molar refractivity (Wildman–Crippen MR) is 114 cm³/mol. The Morgan fingerprint density at radius 3 is 2.72 bits per heavy atom. The first kappa shape index (κ1) is 18.8. The van der Waals surface area contributed by atoms with Gasteiger partial charge < -0.3 is 15.5 Å². The second-order valence-electron chi connectivity index (χ2n) is 6.37. The average Bonchev–Trinajstić information content (AvgIpc) is 3.39. The Morgan fingerprint density at radius 1 is 1.14 bits per heavy atom. The number of benzene rings is 2. The van der Waals surface area contributed by atoms with Crippen molar-refractivity contribution < 1.29 is 9.21 Å². The van der Waals surface area contributed by atoms with E-state index >= 15 is 0 Å². The molecule has 3 N–H and O–H groups in total.